The van der Waals surface area contributed by atoms with E-state index in [2.05, 4.69) is 26.3 Å². The summed E-state index contributed by atoms with van der Waals surface area (Å²) in [5.41, 5.74) is 0. The Morgan fingerprint density at radius 1 is 1.38 bits per heavy atom. The van der Waals surface area contributed by atoms with Crippen LogP contribution in [0, 0.1) is 0 Å². The minimum absolute atomic E-state index is 0.195. The first kappa shape index (κ1) is 14.2. The zero-order valence-corrected chi connectivity index (χ0v) is 13.2. The molecule has 0 bridgehead atoms. The quantitative estimate of drug-likeness (QED) is 0.829. The molecule has 2 aromatic heterocycles. The van der Waals surface area contributed by atoms with Gasteiger partial charge in [-0.2, -0.15) is 0 Å². The predicted molar refractivity (Wildman–Crippen MR) is 83.9 cm³/mol. The average Bonchev–Trinajstić information content (AvgIpc) is 2.96. The second-order valence-electron chi connectivity index (χ2n) is 5.54. The van der Waals surface area contributed by atoms with E-state index < -0.39 is 0 Å². The Bertz CT molecular complexity index is 633. The number of amides is 1. The molecule has 0 aromatic carbocycles. The van der Waals surface area contributed by atoms with E-state index in [0.29, 0.717) is 6.54 Å². The van der Waals surface area contributed by atoms with Crippen LogP contribution >= 0.6 is 11.3 Å². The van der Waals surface area contributed by atoms with Crippen LogP contribution in [-0.4, -0.2) is 67.6 Å². The van der Waals surface area contributed by atoms with Gasteiger partial charge in [-0.3, -0.25) is 4.79 Å². The molecule has 1 N–H and O–H groups in total. The highest BCUT2D eigenvalue weighted by Crippen LogP contribution is 2.26. The van der Waals surface area contributed by atoms with Crippen molar-refractivity contribution in [3.8, 4) is 0 Å². The molecule has 0 spiro atoms. The lowest BCUT2D eigenvalue weighted by molar-refractivity contribution is -0.892. The number of thiophene rings is 1. The molecule has 1 fully saturated rings. The number of carbonyl (C=O) groups excluding carboxylic acids is 1. The molecule has 112 valence electrons. The smallest absolute Gasteiger partial charge is 0.277 e. The third kappa shape index (κ3) is 2.98. The highest BCUT2D eigenvalue weighted by molar-refractivity contribution is 7.16. The maximum absolute atomic E-state index is 11.8. The largest absolute Gasteiger partial charge is 0.345 e. The molecule has 0 aliphatic carbocycles. The van der Waals surface area contributed by atoms with Crippen LogP contribution in [0.2, 0.25) is 0 Å². The van der Waals surface area contributed by atoms with Crippen LogP contribution < -0.4 is 9.80 Å². The van der Waals surface area contributed by atoms with Crippen molar-refractivity contribution >= 4 is 33.3 Å². The van der Waals surface area contributed by atoms with Crippen molar-refractivity contribution in [2.75, 3.05) is 51.7 Å². The fourth-order valence-electron chi connectivity index (χ4n) is 2.61. The van der Waals surface area contributed by atoms with E-state index in [9.17, 15) is 4.79 Å². The highest BCUT2D eigenvalue weighted by Gasteiger charge is 2.24. The molecule has 2 aromatic rings. The van der Waals surface area contributed by atoms with Gasteiger partial charge in [0.2, 0.25) is 0 Å². The Labute approximate surface area is 128 Å². The summed E-state index contributed by atoms with van der Waals surface area (Å²) >= 11 is 1.64. The monoisotopic (exact) mass is 306 g/mol. The predicted octanol–water partition coefficient (Wildman–Crippen LogP) is -0.516. The normalized spacial score (nSPS) is 16.4. The lowest BCUT2D eigenvalue weighted by atomic mass is 10.2. The maximum atomic E-state index is 11.8. The van der Waals surface area contributed by atoms with Gasteiger partial charge in [0.1, 0.15) is 17.0 Å². The van der Waals surface area contributed by atoms with E-state index in [1.165, 1.54) is 4.90 Å². The van der Waals surface area contributed by atoms with E-state index in [-0.39, 0.29) is 5.91 Å². The number of nitrogens with zero attached hydrogens (tertiary/aromatic N) is 4. The van der Waals surface area contributed by atoms with Gasteiger partial charge in [0.25, 0.3) is 5.91 Å². The van der Waals surface area contributed by atoms with Gasteiger partial charge in [0.15, 0.2) is 6.54 Å². The van der Waals surface area contributed by atoms with Crippen molar-refractivity contribution in [1.82, 2.24) is 14.9 Å². The number of hydrogen-bond acceptors (Lipinski definition) is 5. The van der Waals surface area contributed by atoms with E-state index >= 15 is 0 Å². The zero-order valence-electron chi connectivity index (χ0n) is 12.4. The van der Waals surface area contributed by atoms with Gasteiger partial charge in [-0.1, -0.05) is 0 Å². The second-order valence-corrected chi connectivity index (χ2v) is 6.43. The first-order valence-corrected chi connectivity index (χ1v) is 8.00. The van der Waals surface area contributed by atoms with Crippen molar-refractivity contribution in [1.29, 1.82) is 0 Å². The topological polar surface area (TPSA) is 53.8 Å². The SMILES string of the molecule is CN(C)C(=O)C[NH+]1CCN(c2ncnc3sccc23)CC1. The summed E-state index contributed by atoms with van der Waals surface area (Å²) in [5, 5.41) is 3.19. The summed E-state index contributed by atoms with van der Waals surface area (Å²) in [6, 6.07) is 2.09. The summed E-state index contributed by atoms with van der Waals surface area (Å²) in [4.78, 5) is 26.9. The van der Waals surface area contributed by atoms with Crippen molar-refractivity contribution in [2.24, 2.45) is 0 Å². The molecule has 3 heterocycles. The Hall–Kier alpha value is -1.73. The molecule has 6 nitrogen and oxygen atoms in total. The summed E-state index contributed by atoms with van der Waals surface area (Å²) in [7, 11) is 3.62. The molecule has 0 radical (unpaired) electrons. The molecular formula is C14H20N5OS+. The summed E-state index contributed by atoms with van der Waals surface area (Å²) < 4.78 is 0. The lowest BCUT2D eigenvalue weighted by Gasteiger charge is -2.33. The van der Waals surface area contributed by atoms with Crippen LogP contribution in [0.5, 0.6) is 0 Å². The number of quaternary nitrogens is 1. The number of aromatic nitrogens is 2. The molecule has 1 saturated heterocycles. The van der Waals surface area contributed by atoms with Gasteiger partial charge < -0.3 is 14.7 Å². The van der Waals surface area contributed by atoms with Gasteiger partial charge in [0, 0.05) is 14.1 Å². The zero-order chi connectivity index (χ0) is 14.8. The van der Waals surface area contributed by atoms with Gasteiger partial charge in [-0.15, -0.1) is 11.3 Å². The van der Waals surface area contributed by atoms with E-state index in [0.717, 1.165) is 42.2 Å². The number of hydrogen-bond donors (Lipinski definition) is 1. The molecule has 0 saturated carbocycles. The van der Waals surface area contributed by atoms with Gasteiger partial charge in [-0.25, -0.2) is 9.97 Å². The number of piperazine rings is 1. The molecule has 0 unspecified atom stereocenters. The van der Waals surface area contributed by atoms with Crippen LogP contribution in [0.25, 0.3) is 10.2 Å². The molecule has 1 aliphatic heterocycles. The van der Waals surface area contributed by atoms with Crippen LogP contribution in [0.15, 0.2) is 17.8 Å². The third-order valence-electron chi connectivity index (χ3n) is 3.91. The Balaban J connectivity index is 1.66. The van der Waals surface area contributed by atoms with Crippen molar-refractivity contribution in [3.63, 3.8) is 0 Å². The number of carbonyl (C=O) groups is 1. The van der Waals surface area contributed by atoms with Crippen LogP contribution in [-0.2, 0) is 4.79 Å². The van der Waals surface area contributed by atoms with Crippen molar-refractivity contribution in [3.05, 3.63) is 17.8 Å². The standard InChI is InChI=1S/C14H19N5OS/c1-17(2)12(20)9-18-4-6-19(7-5-18)13-11-3-8-21-14(11)16-10-15-13/h3,8,10H,4-7,9H2,1-2H3/p+1. The molecule has 21 heavy (non-hydrogen) atoms. The van der Waals surface area contributed by atoms with E-state index in [1.54, 1.807) is 22.6 Å². The third-order valence-corrected chi connectivity index (χ3v) is 4.73. The molecule has 0 atom stereocenters. The minimum atomic E-state index is 0.195. The van der Waals surface area contributed by atoms with E-state index in [4.69, 9.17) is 0 Å². The first-order chi connectivity index (χ1) is 10.1. The fourth-order valence-corrected chi connectivity index (χ4v) is 3.34. The summed E-state index contributed by atoms with van der Waals surface area (Å²) in [6.07, 6.45) is 1.64. The molecule has 7 heteroatoms. The fraction of sp³-hybridized carbons (Fsp3) is 0.500. The lowest BCUT2D eigenvalue weighted by Crippen LogP contribution is -3.15. The number of fused-ring (bicyclic) bond motifs is 1. The van der Waals surface area contributed by atoms with Crippen LogP contribution in [0.4, 0.5) is 5.82 Å². The average molecular weight is 306 g/mol. The van der Waals surface area contributed by atoms with E-state index in [1.807, 2.05) is 14.1 Å². The number of likely N-dealkylation sites (N-methyl/N-ethyl adjacent to an activating group) is 1. The molecule has 3 rings (SSSR count). The summed E-state index contributed by atoms with van der Waals surface area (Å²) in [6.45, 7) is 4.37. The highest BCUT2D eigenvalue weighted by atomic mass is 32.1. The Kier molecular flexibility index (Phi) is 4.03. The van der Waals surface area contributed by atoms with Crippen molar-refractivity contribution in [2.45, 2.75) is 0 Å². The second kappa shape index (κ2) is 5.95. The van der Waals surface area contributed by atoms with Crippen molar-refractivity contribution < 1.29 is 9.69 Å². The number of nitrogens with one attached hydrogen (secondary N) is 1. The Morgan fingerprint density at radius 3 is 2.86 bits per heavy atom. The van der Waals surface area contributed by atoms with Crippen LogP contribution in [0.3, 0.4) is 0 Å². The number of rotatable bonds is 3. The van der Waals surface area contributed by atoms with Gasteiger partial charge in [0.05, 0.1) is 31.6 Å². The first-order valence-electron chi connectivity index (χ1n) is 7.12. The van der Waals surface area contributed by atoms with Gasteiger partial charge in [-0.05, 0) is 11.4 Å². The van der Waals surface area contributed by atoms with Crippen LogP contribution in [0.1, 0.15) is 0 Å². The summed E-state index contributed by atoms with van der Waals surface area (Å²) in [5.74, 6) is 1.22. The Morgan fingerprint density at radius 2 is 2.14 bits per heavy atom. The van der Waals surface area contributed by atoms with Gasteiger partial charge >= 0.3 is 0 Å². The molecule has 1 aliphatic rings. The minimum Gasteiger partial charge on any atom is -0.345 e. The maximum Gasteiger partial charge on any atom is 0.277 e. The number of anilines is 1. The molecule has 1 amide bonds. The molecular weight excluding hydrogens is 286 g/mol.